The van der Waals surface area contributed by atoms with Crippen molar-refractivity contribution in [3.63, 3.8) is 0 Å². The summed E-state index contributed by atoms with van der Waals surface area (Å²) in [6.07, 6.45) is 2.15. The summed E-state index contributed by atoms with van der Waals surface area (Å²) in [6, 6.07) is 11.8. The summed E-state index contributed by atoms with van der Waals surface area (Å²) in [6.45, 7) is 0.0978. The highest BCUT2D eigenvalue weighted by Gasteiger charge is 2.32. The molecule has 1 saturated heterocycles. The first-order valence-corrected chi connectivity index (χ1v) is 10.2. The highest BCUT2D eigenvalue weighted by molar-refractivity contribution is 5.89. The molecule has 1 aliphatic rings. The number of pyridine rings is 1. The molecule has 3 amide bonds. The van der Waals surface area contributed by atoms with Crippen LogP contribution >= 0.6 is 0 Å². The SMILES string of the molecule is COc1cccc(NC(=O)N[C@@H]2CC[C@H](CC(=O)NCc3ccccn3)O[C@@H]2CO)c1. The summed E-state index contributed by atoms with van der Waals surface area (Å²) in [4.78, 5) is 28.7. The minimum absolute atomic E-state index is 0.144. The number of carbonyl (C=O) groups excluding carboxylic acids is 2. The van der Waals surface area contributed by atoms with Crippen LogP contribution < -0.4 is 20.7 Å². The third-order valence-electron chi connectivity index (χ3n) is 5.05. The molecule has 31 heavy (non-hydrogen) atoms. The van der Waals surface area contributed by atoms with Gasteiger partial charge in [-0.05, 0) is 37.1 Å². The first-order chi connectivity index (χ1) is 15.1. The normalized spacial score (nSPS) is 20.5. The number of nitrogens with zero attached hydrogens (tertiary/aromatic N) is 1. The molecule has 3 atom stereocenters. The molecular formula is C22H28N4O5. The third kappa shape index (κ3) is 6.94. The van der Waals surface area contributed by atoms with Gasteiger partial charge in [-0.25, -0.2) is 4.79 Å². The maximum Gasteiger partial charge on any atom is 0.319 e. The first kappa shape index (κ1) is 22.5. The lowest BCUT2D eigenvalue weighted by atomic mass is 9.97. The van der Waals surface area contributed by atoms with Crippen LogP contribution in [-0.2, 0) is 16.1 Å². The van der Waals surface area contributed by atoms with Crippen molar-refractivity contribution in [2.75, 3.05) is 19.0 Å². The second-order valence-electron chi connectivity index (χ2n) is 7.30. The number of aliphatic hydroxyl groups is 1. The number of urea groups is 1. The number of hydrogen-bond acceptors (Lipinski definition) is 6. The number of anilines is 1. The Labute approximate surface area is 181 Å². The highest BCUT2D eigenvalue weighted by atomic mass is 16.5. The van der Waals surface area contributed by atoms with Crippen molar-refractivity contribution in [1.29, 1.82) is 0 Å². The maximum atomic E-state index is 12.4. The van der Waals surface area contributed by atoms with E-state index in [9.17, 15) is 14.7 Å². The smallest absolute Gasteiger partial charge is 0.319 e. The van der Waals surface area contributed by atoms with E-state index in [1.807, 2.05) is 18.2 Å². The summed E-state index contributed by atoms with van der Waals surface area (Å²) < 4.78 is 11.0. The van der Waals surface area contributed by atoms with Crippen LogP contribution in [0.3, 0.4) is 0 Å². The van der Waals surface area contributed by atoms with Gasteiger partial charge >= 0.3 is 6.03 Å². The zero-order chi connectivity index (χ0) is 22.1. The van der Waals surface area contributed by atoms with Gasteiger partial charge in [-0.3, -0.25) is 9.78 Å². The summed E-state index contributed by atoms with van der Waals surface area (Å²) in [5, 5.41) is 18.1. The first-order valence-electron chi connectivity index (χ1n) is 10.2. The van der Waals surface area contributed by atoms with E-state index in [0.717, 1.165) is 5.69 Å². The Kier molecular flexibility index (Phi) is 8.19. The number of rotatable bonds is 8. The molecule has 9 heteroatoms. The Hall–Kier alpha value is -3.17. The van der Waals surface area contributed by atoms with Gasteiger partial charge in [-0.1, -0.05) is 12.1 Å². The number of aromatic nitrogens is 1. The molecule has 0 unspecified atom stereocenters. The fraction of sp³-hybridized carbons (Fsp3) is 0.409. The molecule has 1 aromatic heterocycles. The van der Waals surface area contributed by atoms with Crippen LogP contribution in [0.5, 0.6) is 5.75 Å². The van der Waals surface area contributed by atoms with Crippen LogP contribution in [0.1, 0.15) is 25.0 Å². The summed E-state index contributed by atoms with van der Waals surface area (Å²) >= 11 is 0. The van der Waals surface area contributed by atoms with Crippen molar-refractivity contribution in [3.05, 3.63) is 54.4 Å². The number of ether oxygens (including phenoxy) is 2. The molecule has 1 aromatic carbocycles. The van der Waals surface area contributed by atoms with Crippen molar-refractivity contribution in [1.82, 2.24) is 15.6 Å². The summed E-state index contributed by atoms with van der Waals surface area (Å²) in [5.41, 5.74) is 1.37. The van der Waals surface area contributed by atoms with Crippen molar-refractivity contribution < 1.29 is 24.2 Å². The summed E-state index contributed by atoms with van der Waals surface area (Å²) in [5.74, 6) is 0.491. The van der Waals surface area contributed by atoms with Crippen LogP contribution in [0.2, 0.25) is 0 Å². The average molecular weight is 428 g/mol. The molecule has 2 aromatic rings. The lowest BCUT2D eigenvalue weighted by molar-refractivity contribution is -0.130. The van der Waals surface area contributed by atoms with Crippen molar-refractivity contribution in [2.45, 2.75) is 44.1 Å². The van der Waals surface area contributed by atoms with E-state index >= 15 is 0 Å². The Bertz CT molecular complexity index is 864. The largest absolute Gasteiger partial charge is 0.497 e. The Morgan fingerprint density at radius 1 is 1.23 bits per heavy atom. The minimum Gasteiger partial charge on any atom is -0.497 e. The topological polar surface area (TPSA) is 122 Å². The molecule has 0 spiro atoms. The lowest BCUT2D eigenvalue weighted by Gasteiger charge is -2.35. The van der Waals surface area contributed by atoms with Crippen molar-refractivity contribution in [3.8, 4) is 5.75 Å². The molecule has 166 valence electrons. The lowest BCUT2D eigenvalue weighted by Crippen LogP contribution is -2.52. The predicted molar refractivity (Wildman–Crippen MR) is 115 cm³/mol. The fourth-order valence-corrected chi connectivity index (χ4v) is 3.45. The van der Waals surface area contributed by atoms with Crippen LogP contribution in [0.15, 0.2) is 48.7 Å². The van der Waals surface area contributed by atoms with Crippen LogP contribution in [0.4, 0.5) is 10.5 Å². The predicted octanol–water partition coefficient (Wildman–Crippen LogP) is 1.83. The number of methoxy groups -OCH3 is 1. The van der Waals surface area contributed by atoms with Crippen molar-refractivity contribution in [2.24, 2.45) is 0 Å². The average Bonchev–Trinajstić information content (AvgIpc) is 2.79. The van der Waals surface area contributed by atoms with Gasteiger partial charge in [0.25, 0.3) is 0 Å². The van der Waals surface area contributed by atoms with E-state index < -0.39 is 12.1 Å². The molecule has 0 radical (unpaired) electrons. The van der Waals surface area contributed by atoms with Gasteiger partial charge in [0.05, 0.1) is 44.5 Å². The molecule has 0 aliphatic carbocycles. The monoisotopic (exact) mass is 428 g/mol. The van der Waals surface area contributed by atoms with E-state index in [-0.39, 0.29) is 31.1 Å². The van der Waals surface area contributed by atoms with E-state index in [0.29, 0.717) is 30.8 Å². The molecule has 4 N–H and O–H groups in total. The fourth-order valence-electron chi connectivity index (χ4n) is 3.45. The van der Waals surface area contributed by atoms with Gasteiger partial charge in [0, 0.05) is 18.0 Å². The molecule has 1 fully saturated rings. The van der Waals surface area contributed by atoms with Gasteiger partial charge in [0.1, 0.15) is 11.9 Å². The zero-order valence-electron chi connectivity index (χ0n) is 17.4. The van der Waals surface area contributed by atoms with Crippen LogP contribution in [0, 0.1) is 0 Å². The van der Waals surface area contributed by atoms with E-state index in [2.05, 4.69) is 20.9 Å². The number of benzene rings is 1. The molecule has 1 aliphatic heterocycles. The number of amides is 3. The van der Waals surface area contributed by atoms with Gasteiger partial charge in [0.2, 0.25) is 5.91 Å². The van der Waals surface area contributed by atoms with Crippen molar-refractivity contribution >= 4 is 17.6 Å². The van der Waals surface area contributed by atoms with E-state index in [1.54, 1.807) is 37.6 Å². The van der Waals surface area contributed by atoms with E-state index in [1.165, 1.54) is 0 Å². The maximum absolute atomic E-state index is 12.4. The minimum atomic E-state index is -0.585. The molecule has 0 saturated carbocycles. The standard InChI is InChI=1S/C22H28N4O5/c1-30-17-7-4-6-15(11-17)25-22(29)26-19-9-8-18(31-20(19)14-27)12-21(28)24-13-16-5-2-3-10-23-16/h2-7,10-11,18-20,27H,8-9,12-14H2,1H3,(H,24,28)(H2,25,26,29)/t18-,19-,20-/m1/s1. The molecule has 2 heterocycles. The number of aliphatic hydroxyl groups excluding tert-OH is 1. The second-order valence-corrected chi connectivity index (χ2v) is 7.30. The van der Waals surface area contributed by atoms with Gasteiger partial charge in [-0.2, -0.15) is 0 Å². The number of nitrogens with one attached hydrogen (secondary N) is 3. The van der Waals surface area contributed by atoms with Gasteiger partial charge < -0.3 is 30.5 Å². The quantitative estimate of drug-likeness (QED) is 0.509. The highest BCUT2D eigenvalue weighted by Crippen LogP contribution is 2.22. The number of carbonyl (C=O) groups is 2. The van der Waals surface area contributed by atoms with E-state index in [4.69, 9.17) is 9.47 Å². The molecule has 0 bridgehead atoms. The Morgan fingerprint density at radius 2 is 2.10 bits per heavy atom. The molecule has 3 rings (SSSR count). The third-order valence-corrected chi connectivity index (χ3v) is 5.05. The zero-order valence-corrected chi connectivity index (χ0v) is 17.4. The Balaban J connectivity index is 1.45. The van der Waals surface area contributed by atoms with Crippen LogP contribution in [0.25, 0.3) is 0 Å². The number of hydrogen-bond donors (Lipinski definition) is 4. The Morgan fingerprint density at radius 3 is 2.84 bits per heavy atom. The van der Waals surface area contributed by atoms with Crippen LogP contribution in [-0.4, -0.2) is 54.0 Å². The van der Waals surface area contributed by atoms with Gasteiger partial charge in [0.15, 0.2) is 0 Å². The summed E-state index contributed by atoms with van der Waals surface area (Å²) in [7, 11) is 1.56. The molecular weight excluding hydrogens is 400 g/mol. The molecule has 9 nitrogen and oxygen atoms in total. The van der Waals surface area contributed by atoms with Gasteiger partial charge in [-0.15, -0.1) is 0 Å². The second kappa shape index (κ2) is 11.3.